The monoisotopic (exact) mass is 414 g/mol. The Kier molecular flexibility index (Phi) is 6.09. The maximum Gasteiger partial charge on any atom is 0.223 e. The number of carbonyl (C=O) groups is 2. The van der Waals surface area contributed by atoms with Gasteiger partial charge in [0.25, 0.3) is 0 Å². The summed E-state index contributed by atoms with van der Waals surface area (Å²) in [5.41, 5.74) is 3.11. The van der Waals surface area contributed by atoms with Crippen LogP contribution in [-0.2, 0) is 4.79 Å². The van der Waals surface area contributed by atoms with E-state index in [0.717, 1.165) is 17.6 Å². The summed E-state index contributed by atoms with van der Waals surface area (Å²) in [4.78, 5) is 28.8. The Labute approximate surface area is 162 Å². The van der Waals surface area contributed by atoms with E-state index in [1.807, 2.05) is 17.0 Å². The van der Waals surface area contributed by atoms with E-state index in [1.165, 1.54) is 11.3 Å². The zero-order chi connectivity index (χ0) is 18.5. The van der Waals surface area contributed by atoms with Gasteiger partial charge < -0.3 is 9.80 Å². The van der Waals surface area contributed by atoms with Crippen LogP contribution in [0.1, 0.15) is 28.8 Å². The third kappa shape index (κ3) is 4.73. The van der Waals surface area contributed by atoms with E-state index in [-0.39, 0.29) is 24.5 Å². The maximum atomic E-state index is 12.4. The number of aryl methyl sites for hydroxylation is 1. The Bertz CT molecular complexity index is 781. The zero-order valence-corrected chi connectivity index (χ0v) is 16.5. The van der Waals surface area contributed by atoms with Gasteiger partial charge in [-0.3, -0.25) is 9.59 Å². The highest BCUT2D eigenvalue weighted by Gasteiger charge is 2.22. The maximum absolute atomic E-state index is 12.4. The molecule has 1 heterocycles. The first kappa shape index (κ1) is 18.6. The average Bonchev–Trinajstić information content (AvgIpc) is 2.66. The number of benzene rings is 2. The Hall–Kier alpha value is -2.14. The van der Waals surface area contributed by atoms with Crippen molar-refractivity contribution >= 4 is 33.3 Å². The molecular weight excluding hydrogens is 392 g/mol. The molecule has 1 fully saturated rings. The topological polar surface area (TPSA) is 40.6 Å². The minimum absolute atomic E-state index is 0.0178. The normalized spacial score (nSPS) is 14.4. The van der Waals surface area contributed by atoms with Crippen LogP contribution < -0.4 is 4.90 Å². The van der Waals surface area contributed by atoms with Crippen LogP contribution in [-0.4, -0.2) is 42.8 Å². The van der Waals surface area contributed by atoms with E-state index in [1.54, 1.807) is 12.1 Å². The number of rotatable bonds is 5. The highest BCUT2D eigenvalue weighted by Crippen LogP contribution is 2.18. The van der Waals surface area contributed by atoms with Gasteiger partial charge in [0.1, 0.15) is 0 Å². The van der Waals surface area contributed by atoms with Crippen LogP contribution in [0.25, 0.3) is 0 Å². The summed E-state index contributed by atoms with van der Waals surface area (Å²) in [6.45, 7) is 5.16. The smallest absolute Gasteiger partial charge is 0.223 e. The molecule has 0 saturated carbocycles. The molecule has 3 rings (SSSR count). The molecule has 0 N–H and O–H groups in total. The number of anilines is 1. The zero-order valence-electron chi connectivity index (χ0n) is 15.0. The number of carbonyl (C=O) groups excluding carboxylic acids is 2. The first-order chi connectivity index (χ1) is 12.5. The second-order valence-corrected chi connectivity index (χ2v) is 7.55. The fourth-order valence-corrected chi connectivity index (χ4v) is 3.46. The average molecular weight is 415 g/mol. The Morgan fingerprint density at radius 3 is 2.31 bits per heavy atom. The molecular formula is C21H23BrN2O2. The third-order valence-electron chi connectivity index (χ3n) is 4.73. The molecule has 0 aliphatic carbocycles. The lowest BCUT2D eigenvalue weighted by Crippen LogP contribution is -2.48. The predicted molar refractivity (Wildman–Crippen MR) is 108 cm³/mol. The number of Topliss-reactive ketones (excluding diaryl/α,β-unsaturated/α-hetero) is 1. The summed E-state index contributed by atoms with van der Waals surface area (Å²) >= 11 is 3.36. The summed E-state index contributed by atoms with van der Waals surface area (Å²) in [6, 6.07) is 15.7. The third-order valence-corrected chi connectivity index (χ3v) is 5.26. The Morgan fingerprint density at radius 1 is 0.962 bits per heavy atom. The van der Waals surface area contributed by atoms with Crippen molar-refractivity contribution < 1.29 is 9.59 Å². The van der Waals surface area contributed by atoms with Gasteiger partial charge >= 0.3 is 0 Å². The Balaban J connectivity index is 1.47. The highest BCUT2D eigenvalue weighted by molar-refractivity contribution is 9.10. The van der Waals surface area contributed by atoms with Gasteiger partial charge in [0.15, 0.2) is 5.78 Å². The van der Waals surface area contributed by atoms with Crippen molar-refractivity contribution in [1.29, 1.82) is 0 Å². The second kappa shape index (κ2) is 8.49. The van der Waals surface area contributed by atoms with Crippen molar-refractivity contribution in [1.82, 2.24) is 4.90 Å². The molecule has 1 aliphatic heterocycles. The van der Waals surface area contributed by atoms with Crippen LogP contribution in [0.5, 0.6) is 0 Å². The van der Waals surface area contributed by atoms with Gasteiger partial charge in [-0.2, -0.15) is 0 Å². The molecule has 5 heteroatoms. The van der Waals surface area contributed by atoms with E-state index >= 15 is 0 Å². The molecule has 0 radical (unpaired) electrons. The van der Waals surface area contributed by atoms with Crippen LogP contribution in [0.2, 0.25) is 0 Å². The quantitative estimate of drug-likeness (QED) is 0.692. The molecule has 0 aromatic heterocycles. The molecule has 26 heavy (non-hydrogen) atoms. The van der Waals surface area contributed by atoms with Crippen molar-refractivity contribution in [2.45, 2.75) is 19.8 Å². The number of hydrogen-bond donors (Lipinski definition) is 0. The van der Waals surface area contributed by atoms with Crippen LogP contribution in [0.15, 0.2) is 53.0 Å². The number of piperazine rings is 1. The molecule has 4 nitrogen and oxygen atoms in total. The molecule has 2 aromatic carbocycles. The Morgan fingerprint density at radius 2 is 1.65 bits per heavy atom. The van der Waals surface area contributed by atoms with E-state index < -0.39 is 0 Å². The number of halogens is 1. The number of hydrogen-bond acceptors (Lipinski definition) is 3. The fraction of sp³-hybridized carbons (Fsp3) is 0.333. The summed E-state index contributed by atoms with van der Waals surface area (Å²) < 4.78 is 0.941. The van der Waals surface area contributed by atoms with Crippen molar-refractivity contribution in [3.8, 4) is 0 Å². The van der Waals surface area contributed by atoms with Gasteiger partial charge in [-0.1, -0.05) is 40.2 Å². The van der Waals surface area contributed by atoms with Gasteiger partial charge in [0, 0.05) is 54.7 Å². The first-order valence-corrected chi connectivity index (χ1v) is 9.70. The molecule has 1 saturated heterocycles. The predicted octanol–water partition coefficient (Wildman–Crippen LogP) is 4.07. The van der Waals surface area contributed by atoms with Crippen LogP contribution >= 0.6 is 15.9 Å². The van der Waals surface area contributed by atoms with E-state index in [4.69, 9.17) is 0 Å². The number of amides is 1. The summed E-state index contributed by atoms with van der Waals surface area (Å²) in [5, 5.41) is 0. The van der Waals surface area contributed by atoms with Gasteiger partial charge in [0.05, 0.1) is 0 Å². The van der Waals surface area contributed by atoms with Crippen LogP contribution in [0.4, 0.5) is 5.69 Å². The molecule has 2 aromatic rings. The molecule has 136 valence electrons. The minimum Gasteiger partial charge on any atom is -0.368 e. The number of ketones is 1. The molecule has 1 amide bonds. The summed E-state index contributed by atoms with van der Waals surface area (Å²) in [5.74, 6) is 0.0867. The van der Waals surface area contributed by atoms with Gasteiger partial charge in [-0.25, -0.2) is 0 Å². The number of nitrogens with zero attached hydrogens (tertiary/aromatic N) is 2. The molecule has 0 bridgehead atoms. The minimum atomic E-state index is 0.0178. The van der Waals surface area contributed by atoms with Crippen molar-refractivity contribution in [3.05, 3.63) is 64.1 Å². The standard InChI is InChI=1S/C21H23BrN2O2/c1-16-3-2-4-19(15-16)23-11-13-24(14-12-23)21(26)10-9-20(25)17-5-7-18(22)8-6-17/h2-8,15H,9-14H2,1H3. The molecule has 0 unspecified atom stereocenters. The summed E-state index contributed by atoms with van der Waals surface area (Å²) in [6.07, 6.45) is 0.540. The van der Waals surface area contributed by atoms with Gasteiger partial charge in [0.2, 0.25) is 5.91 Å². The van der Waals surface area contributed by atoms with Gasteiger partial charge in [-0.05, 0) is 36.8 Å². The highest BCUT2D eigenvalue weighted by atomic mass is 79.9. The first-order valence-electron chi connectivity index (χ1n) is 8.91. The SMILES string of the molecule is Cc1cccc(N2CCN(C(=O)CCC(=O)c3ccc(Br)cc3)CC2)c1. The largest absolute Gasteiger partial charge is 0.368 e. The van der Waals surface area contributed by atoms with Crippen molar-refractivity contribution in [2.75, 3.05) is 31.1 Å². The fourth-order valence-electron chi connectivity index (χ4n) is 3.20. The van der Waals surface area contributed by atoms with E-state index in [2.05, 4.69) is 52.0 Å². The van der Waals surface area contributed by atoms with Crippen LogP contribution in [0.3, 0.4) is 0 Å². The van der Waals surface area contributed by atoms with Crippen molar-refractivity contribution in [2.24, 2.45) is 0 Å². The van der Waals surface area contributed by atoms with E-state index in [9.17, 15) is 9.59 Å². The van der Waals surface area contributed by atoms with E-state index in [0.29, 0.717) is 18.7 Å². The molecule has 1 aliphatic rings. The van der Waals surface area contributed by atoms with Crippen molar-refractivity contribution in [3.63, 3.8) is 0 Å². The lowest BCUT2D eigenvalue weighted by atomic mass is 10.1. The molecule has 0 spiro atoms. The second-order valence-electron chi connectivity index (χ2n) is 6.64. The van der Waals surface area contributed by atoms with Gasteiger partial charge in [-0.15, -0.1) is 0 Å². The molecule has 0 atom stereocenters. The lowest BCUT2D eigenvalue weighted by Gasteiger charge is -2.36. The van der Waals surface area contributed by atoms with Crippen LogP contribution in [0, 0.1) is 6.92 Å². The summed E-state index contributed by atoms with van der Waals surface area (Å²) in [7, 11) is 0. The lowest BCUT2D eigenvalue weighted by molar-refractivity contribution is -0.131.